The Morgan fingerprint density at radius 1 is 1.37 bits per heavy atom. The lowest BCUT2D eigenvalue weighted by atomic mass is 9.97. The second-order valence-corrected chi connectivity index (χ2v) is 6.27. The molecular formula is C21H25FN2O3. The van der Waals surface area contributed by atoms with Gasteiger partial charge in [0.1, 0.15) is 11.6 Å². The number of aryl methyl sites for hydroxylation is 1. The molecule has 0 saturated heterocycles. The first-order valence-corrected chi connectivity index (χ1v) is 8.77. The average Bonchev–Trinajstić information content (AvgIpc) is 2.64. The number of esters is 1. The van der Waals surface area contributed by atoms with Gasteiger partial charge in [0, 0.05) is 35.6 Å². The standard InChI is InChI=1S/C21H25FN2O3/c1-4-5-6-7-27-19-10-17(22)8-14(2)21(19)16-9-15(12-24-13-16)18(23)11-20(25)26-3/h4,8-10,12-13,18H,1,5-7,11,23H2,2-3H3. The SMILES string of the molecule is C=CCCCOc1cc(F)cc(C)c1-c1cncc(C(N)CC(=O)OC)c1. The molecule has 0 bridgehead atoms. The van der Waals surface area contributed by atoms with Gasteiger partial charge in [0.15, 0.2) is 0 Å². The molecular weight excluding hydrogens is 347 g/mol. The molecule has 0 amide bonds. The van der Waals surface area contributed by atoms with Gasteiger partial charge in [0.05, 0.1) is 20.1 Å². The van der Waals surface area contributed by atoms with E-state index in [2.05, 4.69) is 16.3 Å². The topological polar surface area (TPSA) is 74.4 Å². The van der Waals surface area contributed by atoms with Crippen LogP contribution in [-0.2, 0) is 9.53 Å². The molecule has 1 heterocycles. The second-order valence-electron chi connectivity index (χ2n) is 6.27. The van der Waals surface area contributed by atoms with Crippen molar-refractivity contribution in [1.29, 1.82) is 0 Å². The zero-order valence-electron chi connectivity index (χ0n) is 15.7. The van der Waals surface area contributed by atoms with Crippen molar-refractivity contribution in [1.82, 2.24) is 4.98 Å². The van der Waals surface area contributed by atoms with Crippen LogP contribution in [0, 0.1) is 12.7 Å². The summed E-state index contributed by atoms with van der Waals surface area (Å²) in [5.74, 6) is -0.296. The number of rotatable bonds is 9. The highest BCUT2D eigenvalue weighted by molar-refractivity contribution is 5.74. The highest BCUT2D eigenvalue weighted by atomic mass is 19.1. The Morgan fingerprint density at radius 2 is 2.15 bits per heavy atom. The van der Waals surface area contributed by atoms with Gasteiger partial charge < -0.3 is 15.2 Å². The maximum atomic E-state index is 13.9. The number of unbranched alkanes of at least 4 members (excludes halogenated alkanes) is 1. The molecule has 1 aromatic heterocycles. The van der Waals surface area contributed by atoms with Crippen molar-refractivity contribution < 1.29 is 18.7 Å². The van der Waals surface area contributed by atoms with Gasteiger partial charge in [-0.25, -0.2) is 4.39 Å². The lowest BCUT2D eigenvalue weighted by Gasteiger charge is -2.16. The van der Waals surface area contributed by atoms with Gasteiger partial charge in [0.25, 0.3) is 0 Å². The zero-order chi connectivity index (χ0) is 19.8. The number of nitrogens with two attached hydrogens (primary N) is 1. The molecule has 0 saturated carbocycles. The molecule has 1 aromatic carbocycles. The molecule has 5 nitrogen and oxygen atoms in total. The fourth-order valence-corrected chi connectivity index (χ4v) is 2.78. The van der Waals surface area contributed by atoms with E-state index in [4.69, 9.17) is 10.5 Å². The second kappa shape index (κ2) is 9.83. The van der Waals surface area contributed by atoms with Crippen LogP contribution in [0.5, 0.6) is 5.75 Å². The average molecular weight is 372 g/mol. The number of benzene rings is 1. The number of hydrogen-bond donors (Lipinski definition) is 1. The normalized spacial score (nSPS) is 11.7. The summed E-state index contributed by atoms with van der Waals surface area (Å²) in [6.07, 6.45) is 6.77. The minimum atomic E-state index is -0.539. The number of nitrogens with zero attached hydrogens (tertiary/aromatic N) is 1. The molecule has 0 spiro atoms. The van der Waals surface area contributed by atoms with Crippen molar-refractivity contribution in [3.63, 3.8) is 0 Å². The van der Waals surface area contributed by atoms with Crippen LogP contribution in [0.25, 0.3) is 11.1 Å². The van der Waals surface area contributed by atoms with Crippen molar-refractivity contribution >= 4 is 5.97 Å². The van der Waals surface area contributed by atoms with E-state index in [0.29, 0.717) is 17.9 Å². The minimum absolute atomic E-state index is 0.0505. The molecule has 0 aliphatic rings. The number of aromatic nitrogens is 1. The Labute approximate surface area is 159 Å². The van der Waals surface area contributed by atoms with Gasteiger partial charge in [-0.1, -0.05) is 6.08 Å². The van der Waals surface area contributed by atoms with E-state index in [-0.39, 0.29) is 12.2 Å². The van der Waals surface area contributed by atoms with Gasteiger partial charge >= 0.3 is 5.97 Å². The summed E-state index contributed by atoms with van der Waals surface area (Å²) in [5.41, 5.74) is 9.03. The van der Waals surface area contributed by atoms with Gasteiger partial charge in [-0.2, -0.15) is 0 Å². The summed E-state index contributed by atoms with van der Waals surface area (Å²) < 4.78 is 24.4. The number of allylic oxidation sites excluding steroid dienone is 1. The lowest BCUT2D eigenvalue weighted by Crippen LogP contribution is -2.16. The van der Waals surface area contributed by atoms with Crippen LogP contribution in [0.4, 0.5) is 4.39 Å². The number of methoxy groups -OCH3 is 1. The van der Waals surface area contributed by atoms with Crippen molar-refractivity contribution in [2.45, 2.75) is 32.2 Å². The van der Waals surface area contributed by atoms with E-state index in [1.165, 1.54) is 19.2 Å². The van der Waals surface area contributed by atoms with Gasteiger partial charge in [-0.3, -0.25) is 9.78 Å². The van der Waals surface area contributed by atoms with Crippen LogP contribution in [0.2, 0.25) is 0 Å². The van der Waals surface area contributed by atoms with Crippen molar-refractivity contribution in [2.75, 3.05) is 13.7 Å². The molecule has 6 heteroatoms. The maximum absolute atomic E-state index is 13.9. The quantitative estimate of drug-likeness (QED) is 0.407. The molecule has 0 aliphatic carbocycles. The Hall–Kier alpha value is -2.73. The Morgan fingerprint density at radius 3 is 2.85 bits per heavy atom. The number of carbonyl (C=O) groups is 1. The van der Waals surface area contributed by atoms with E-state index in [9.17, 15) is 9.18 Å². The number of carbonyl (C=O) groups excluding carboxylic acids is 1. The third-order valence-corrected chi connectivity index (χ3v) is 4.16. The summed E-state index contributed by atoms with van der Waals surface area (Å²) in [6, 6.07) is 4.13. The molecule has 27 heavy (non-hydrogen) atoms. The van der Waals surface area contributed by atoms with Crippen LogP contribution in [0.3, 0.4) is 0 Å². The van der Waals surface area contributed by atoms with Gasteiger partial charge in [0.2, 0.25) is 0 Å². The highest BCUT2D eigenvalue weighted by Gasteiger charge is 2.16. The minimum Gasteiger partial charge on any atom is -0.493 e. The maximum Gasteiger partial charge on any atom is 0.307 e. The van der Waals surface area contributed by atoms with E-state index < -0.39 is 12.0 Å². The molecule has 0 fully saturated rings. The van der Waals surface area contributed by atoms with E-state index >= 15 is 0 Å². The molecule has 1 atom stereocenters. The smallest absolute Gasteiger partial charge is 0.307 e. The first-order valence-electron chi connectivity index (χ1n) is 8.77. The van der Waals surface area contributed by atoms with Crippen LogP contribution >= 0.6 is 0 Å². The Bertz CT molecular complexity index is 808. The zero-order valence-corrected chi connectivity index (χ0v) is 15.7. The highest BCUT2D eigenvalue weighted by Crippen LogP contribution is 2.35. The third-order valence-electron chi connectivity index (χ3n) is 4.16. The fourth-order valence-electron chi connectivity index (χ4n) is 2.78. The molecule has 2 rings (SSSR count). The Balaban J connectivity index is 2.35. The predicted octanol–water partition coefficient (Wildman–Crippen LogP) is 4.10. The van der Waals surface area contributed by atoms with Crippen molar-refractivity contribution in [2.24, 2.45) is 5.73 Å². The summed E-state index contributed by atoms with van der Waals surface area (Å²) >= 11 is 0. The Kier molecular flexibility index (Phi) is 7.49. The molecule has 144 valence electrons. The summed E-state index contributed by atoms with van der Waals surface area (Å²) in [7, 11) is 1.32. The number of hydrogen-bond acceptors (Lipinski definition) is 5. The largest absolute Gasteiger partial charge is 0.493 e. The molecule has 1 unspecified atom stereocenters. The summed E-state index contributed by atoms with van der Waals surface area (Å²) in [5, 5.41) is 0. The number of halogens is 1. The molecule has 0 aliphatic heterocycles. The number of ether oxygens (including phenoxy) is 2. The first-order chi connectivity index (χ1) is 13.0. The summed E-state index contributed by atoms with van der Waals surface area (Å²) in [6.45, 7) is 5.95. The lowest BCUT2D eigenvalue weighted by molar-refractivity contribution is -0.141. The third kappa shape index (κ3) is 5.62. The van der Waals surface area contributed by atoms with Crippen LogP contribution < -0.4 is 10.5 Å². The van der Waals surface area contributed by atoms with Crippen molar-refractivity contribution in [3.05, 3.63) is 60.2 Å². The number of pyridine rings is 1. The molecule has 2 aromatic rings. The molecule has 2 N–H and O–H groups in total. The first kappa shape index (κ1) is 20.6. The van der Waals surface area contributed by atoms with Crippen LogP contribution in [0.15, 0.2) is 43.2 Å². The van der Waals surface area contributed by atoms with Gasteiger partial charge in [-0.05, 0) is 43.0 Å². The molecule has 0 radical (unpaired) electrons. The van der Waals surface area contributed by atoms with Crippen LogP contribution in [0.1, 0.15) is 36.4 Å². The van der Waals surface area contributed by atoms with Crippen LogP contribution in [-0.4, -0.2) is 24.7 Å². The monoisotopic (exact) mass is 372 g/mol. The predicted molar refractivity (Wildman–Crippen MR) is 103 cm³/mol. The summed E-state index contributed by atoms with van der Waals surface area (Å²) in [4.78, 5) is 15.7. The fraction of sp³-hybridized carbons (Fsp3) is 0.333. The van der Waals surface area contributed by atoms with Gasteiger partial charge in [-0.15, -0.1) is 6.58 Å². The van der Waals surface area contributed by atoms with Crippen molar-refractivity contribution in [3.8, 4) is 16.9 Å². The van der Waals surface area contributed by atoms with E-state index in [1.54, 1.807) is 12.4 Å². The van der Waals surface area contributed by atoms with E-state index in [0.717, 1.165) is 29.5 Å². The van der Waals surface area contributed by atoms with E-state index in [1.807, 2.05) is 19.1 Å².